The molecule has 204 valence electrons. The van der Waals surface area contributed by atoms with Gasteiger partial charge < -0.3 is 25.8 Å². The largest absolute Gasteiger partial charge is 0.480 e. The Kier molecular flexibility index (Phi) is 5.55. The number of nitrogens with zero attached hydrogens (tertiary/aromatic N) is 2. The molecule has 0 aliphatic carbocycles. The highest BCUT2D eigenvalue weighted by atomic mass is 35.5. The van der Waals surface area contributed by atoms with E-state index < -0.39 is 23.1 Å². The first kappa shape index (κ1) is 24.9. The first-order valence-corrected chi connectivity index (χ1v) is 13.3. The second-order valence-electron chi connectivity index (χ2n) is 10.3. The molecule has 11 heteroatoms. The number of hydrogen-bond acceptors (Lipinski definition) is 6. The third kappa shape index (κ3) is 3.59. The van der Waals surface area contributed by atoms with Crippen LogP contribution in [0.2, 0.25) is 5.02 Å². The minimum absolute atomic E-state index is 0.0111. The van der Waals surface area contributed by atoms with Gasteiger partial charge in [-0.15, -0.1) is 5.10 Å². The molecule has 1 saturated heterocycles. The number of aryl methyl sites for hydroxylation is 1. The summed E-state index contributed by atoms with van der Waals surface area (Å²) in [6.45, 7) is 0.812. The molecular weight excluding hydrogens is 540 g/mol. The molecule has 1 amide bonds. The lowest BCUT2D eigenvalue weighted by Gasteiger charge is -2.35. The van der Waals surface area contributed by atoms with Gasteiger partial charge in [0.1, 0.15) is 17.3 Å². The normalized spacial score (nSPS) is 20.6. The molecule has 2 atom stereocenters. The van der Waals surface area contributed by atoms with Gasteiger partial charge in [0.15, 0.2) is 17.2 Å². The van der Waals surface area contributed by atoms with Gasteiger partial charge in [0, 0.05) is 36.2 Å². The molecule has 3 aromatic carbocycles. The summed E-state index contributed by atoms with van der Waals surface area (Å²) in [5.74, 6) is -2.45. The molecule has 7 rings (SSSR count). The van der Waals surface area contributed by atoms with Gasteiger partial charge in [0.2, 0.25) is 5.91 Å². The van der Waals surface area contributed by atoms with E-state index in [1.165, 1.54) is 16.8 Å². The van der Waals surface area contributed by atoms with E-state index in [1.807, 2.05) is 30.3 Å². The quantitative estimate of drug-likeness (QED) is 0.265. The van der Waals surface area contributed by atoms with Gasteiger partial charge in [0.05, 0.1) is 28.5 Å². The minimum atomic E-state index is -0.916. The van der Waals surface area contributed by atoms with Gasteiger partial charge in [-0.2, -0.15) is 0 Å². The van der Waals surface area contributed by atoms with E-state index in [4.69, 9.17) is 26.8 Å². The van der Waals surface area contributed by atoms with Crippen LogP contribution in [-0.4, -0.2) is 28.3 Å². The van der Waals surface area contributed by atoms with Gasteiger partial charge in [-0.05, 0) is 31.0 Å². The number of nitrogens with one attached hydrogen (secondary N) is 2. The van der Waals surface area contributed by atoms with Crippen molar-refractivity contribution in [2.75, 3.05) is 11.9 Å². The number of nitrogens with two attached hydrogens (primary N) is 1. The number of aromatic nitrogens is 2. The zero-order chi connectivity index (χ0) is 27.8. The smallest absolute Gasteiger partial charge is 0.262 e. The standard InChI is InChI=1S/C29H24ClF2N5O3/c1-37-13-19-28(36-37)39-26-18(35-19)10-15(27(33)38)23(25(26)32)22-16-12-29(21-8-5-9-34-21,14-6-3-2-4-7-14)40-20(16)11-17(31)24(22)30/h2-4,6-7,10-11,13,21,34-35H,5,8-9,12H2,1H3,(H2,33,38)/t21-,29-/m0/s1. The SMILES string of the molecule is Cn1cc2c(n1)Oc1c(cc(C(N)=O)c(-c3c(Cl)c(F)cc4c3C[C@](c3ccccc3)([C@@H]3CCCN3)O4)c1F)N2. The molecule has 8 nitrogen and oxygen atoms in total. The number of ether oxygens (including phenoxy) is 2. The topological polar surface area (TPSA) is 103 Å². The maximum Gasteiger partial charge on any atom is 0.262 e. The summed E-state index contributed by atoms with van der Waals surface area (Å²) in [5.41, 5.74) is 6.50. The van der Waals surface area contributed by atoms with Crippen LogP contribution < -0.4 is 25.8 Å². The number of amides is 1. The summed E-state index contributed by atoms with van der Waals surface area (Å²) in [7, 11) is 1.69. The number of hydrogen-bond donors (Lipinski definition) is 3. The first-order valence-electron chi connectivity index (χ1n) is 12.9. The minimum Gasteiger partial charge on any atom is -0.480 e. The van der Waals surface area contributed by atoms with Crippen molar-refractivity contribution in [3.63, 3.8) is 0 Å². The fraction of sp³-hybridized carbons (Fsp3) is 0.241. The summed E-state index contributed by atoms with van der Waals surface area (Å²) >= 11 is 6.59. The number of rotatable bonds is 4. The highest BCUT2D eigenvalue weighted by Gasteiger charge is 2.50. The maximum absolute atomic E-state index is 16.5. The van der Waals surface area contributed by atoms with E-state index in [2.05, 4.69) is 15.7 Å². The number of carbonyl (C=O) groups excluding carboxylic acids is 1. The van der Waals surface area contributed by atoms with Gasteiger partial charge in [-0.1, -0.05) is 41.9 Å². The van der Waals surface area contributed by atoms with Crippen molar-refractivity contribution in [1.82, 2.24) is 15.1 Å². The van der Waals surface area contributed by atoms with E-state index in [1.54, 1.807) is 13.2 Å². The highest BCUT2D eigenvalue weighted by Crippen LogP contribution is 2.54. The van der Waals surface area contributed by atoms with Crippen molar-refractivity contribution >= 4 is 28.9 Å². The number of anilines is 2. The highest BCUT2D eigenvalue weighted by molar-refractivity contribution is 6.34. The molecule has 4 aromatic rings. The molecule has 0 saturated carbocycles. The fourth-order valence-corrected chi connectivity index (χ4v) is 6.42. The molecule has 4 N–H and O–H groups in total. The zero-order valence-corrected chi connectivity index (χ0v) is 22.1. The Balaban J connectivity index is 1.45. The molecule has 0 bridgehead atoms. The van der Waals surface area contributed by atoms with Crippen LogP contribution in [0.4, 0.5) is 20.2 Å². The molecule has 4 heterocycles. The van der Waals surface area contributed by atoms with Crippen LogP contribution in [0.25, 0.3) is 11.1 Å². The number of fused-ring (bicyclic) bond motifs is 3. The molecule has 1 fully saturated rings. The molecule has 3 aliphatic rings. The van der Waals surface area contributed by atoms with Crippen molar-refractivity contribution in [3.8, 4) is 28.5 Å². The molecule has 1 aromatic heterocycles. The number of benzene rings is 3. The second kappa shape index (κ2) is 8.94. The molecule has 0 unspecified atom stereocenters. The lowest BCUT2D eigenvalue weighted by atomic mass is 9.80. The summed E-state index contributed by atoms with van der Waals surface area (Å²) < 4.78 is 45.9. The molecule has 3 aliphatic heterocycles. The van der Waals surface area contributed by atoms with Crippen LogP contribution in [0.1, 0.15) is 34.3 Å². The van der Waals surface area contributed by atoms with Crippen molar-refractivity contribution in [3.05, 3.63) is 82.0 Å². The predicted molar refractivity (Wildman–Crippen MR) is 145 cm³/mol. The Morgan fingerprint density at radius 1 is 1.20 bits per heavy atom. The third-order valence-electron chi connectivity index (χ3n) is 7.90. The summed E-state index contributed by atoms with van der Waals surface area (Å²) in [5, 5.41) is 10.4. The van der Waals surface area contributed by atoms with E-state index >= 15 is 8.78 Å². The van der Waals surface area contributed by atoms with E-state index in [0.717, 1.165) is 24.9 Å². The van der Waals surface area contributed by atoms with Gasteiger partial charge in [-0.3, -0.25) is 9.48 Å². The zero-order valence-electron chi connectivity index (χ0n) is 21.4. The third-order valence-corrected chi connectivity index (χ3v) is 8.27. The Morgan fingerprint density at radius 2 is 2.00 bits per heavy atom. The molecule has 0 spiro atoms. The average Bonchev–Trinajstić information content (AvgIpc) is 3.68. The van der Waals surface area contributed by atoms with Crippen LogP contribution in [0.5, 0.6) is 17.4 Å². The van der Waals surface area contributed by atoms with Crippen LogP contribution in [0.15, 0.2) is 48.7 Å². The second-order valence-corrected chi connectivity index (χ2v) is 10.7. The van der Waals surface area contributed by atoms with E-state index in [0.29, 0.717) is 11.3 Å². The molecule has 40 heavy (non-hydrogen) atoms. The van der Waals surface area contributed by atoms with Crippen molar-refractivity contribution < 1.29 is 23.0 Å². The Labute approximate surface area is 233 Å². The molecular formula is C29H24ClF2N5O3. The van der Waals surface area contributed by atoms with Crippen LogP contribution >= 0.6 is 11.6 Å². The van der Waals surface area contributed by atoms with E-state index in [-0.39, 0.29) is 57.2 Å². The van der Waals surface area contributed by atoms with E-state index in [9.17, 15) is 4.79 Å². The van der Waals surface area contributed by atoms with Crippen LogP contribution in [0.3, 0.4) is 0 Å². The Hall–Kier alpha value is -4.15. The van der Waals surface area contributed by atoms with Crippen LogP contribution in [-0.2, 0) is 19.1 Å². The lowest BCUT2D eigenvalue weighted by molar-refractivity contribution is 0.0539. The maximum atomic E-state index is 16.5. The van der Waals surface area contributed by atoms with Crippen molar-refractivity contribution in [1.29, 1.82) is 0 Å². The number of halogens is 3. The number of carbonyl (C=O) groups is 1. The van der Waals surface area contributed by atoms with Crippen LogP contribution in [0, 0.1) is 11.6 Å². The Bertz CT molecular complexity index is 1700. The Morgan fingerprint density at radius 3 is 2.73 bits per heavy atom. The first-order chi connectivity index (χ1) is 19.3. The fourth-order valence-electron chi connectivity index (χ4n) is 6.16. The summed E-state index contributed by atoms with van der Waals surface area (Å²) in [4.78, 5) is 12.7. The summed E-state index contributed by atoms with van der Waals surface area (Å²) in [6.07, 6.45) is 3.70. The monoisotopic (exact) mass is 563 g/mol. The van der Waals surface area contributed by atoms with Gasteiger partial charge in [-0.25, -0.2) is 8.78 Å². The van der Waals surface area contributed by atoms with Crippen molar-refractivity contribution in [2.24, 2.45) is 12.8 Å². The average molecular weight is 564 g/mol. The lowest BCUT2D eigenvalue weighted by Crippen LogP contribution is -2.48. The summed E-state index contributed by atoms with van der Waals surface area (Å²) in [6, 6.07) is 12.2. The van der Waals surface area contributed by atoms with Gasteiger partial charge >= 0.3 is 0 Å². The predicted octanol–water partition coefficient (Wildman–Crippen LogP) is 5.55. The van der Waals surface area contributed by atoms with Crippen molar-refractivity contribution in [2.45, 2.75) is 30.9 Å². The van der Waals surface area contributed by atoms with Gasteiger partial charge in [0.25, 0.3) is 5.88 Å². The number of primary amides is 1. The molecule has 0 radical (unpaired) electrons.